The third-order valence-corrected chi connectivity index (χ3v) is 8.36. The van der Waals surface area contributed by atoms with E-state index < -0.39 is 37.7 Å². The number of benzene rings is 3. The minimum absolute atomic E-state index is 0.108. The molecule has 1 atom stereocenters. The molecule has 0 unspecified atom stereocenters. The first-order valence-corrected chi connectivity index (χ1v) is 13.4. The molecule has 1 N–H and O–H groups in total. The van der Waals surface area contributed by atoms with E-state index in [0.29, 0.717) is 16.8 Å². The van der Waals surface area contributed by atoms with Crippen LogP contribution in [0.25, 0.3) is 0 Å². The van der Waals surface area contributed by atoms with Crippen LogP contribution in [0.2, 0.25) is 0 Å². The van der Waals surface area contributed by atoms with Gasteiger partial charge < -0.3 is 0 Å². The first kappa shape index (κ1) is 23.8. The molecular weight excluding hydrogens is 484 g/mol. The minimum Gasteiger partial charge on any atom is -0.283 e. The van der Waals surface area contributed by atoms with Crippen molar-refractivity contribution >= 4 is 31.4 Å². The molecule has 34 heavy (non-hydrogen) atoms. The van der Waals surface area contributed by atoms with E-state index in [1.54, 1.807) is 24.3 Å². The summed E-state index contributed by atoms with van der Waals surface area (Å²) in [5.41, 5.74) is 1.51. The van der Waals surface area contributed by atoms with Crippen molar-refractivity contribution in [3.8, 4) is 0 Å². The first-order chi connectivity index (χ1) is 16.1. The van der Waals surface area contributed by atoms with Crippen LogP contribution in [0.5, 0.6) is 0 Å². The number of nitrogens with one attached hydrogen (secondary N) is 1. The molecule has 1 heterocycles. The lowest BCUT2D eigenvalue weighted by molar-refractivity contribution is 0.371. The Kier molecular flexibility index (Phi) is 6.41. The molecule has 3 aromatic carbocycles. The summed E-state index contributed by atoms with van der Waals surface area (Å²) in [4.78, 5) is -0.161. The number of halogens is 2. The Balaban J connectivity index is 1.82. The van der Waals surface area contributed by atoms with Crippen molar-refractivity contribution < 1.29 is 25.6 Å². The van der Waals surface area contributed by atoms with E-state index in [4.69, 9.17) is 0 Å². The van der Waals surface area contributed by atoms with Crippen LogP contribution in [0.4, 0.5) is 14.5 Å². The molecule has 0 aliphatic carbocycles. The molecule has 0 amide bonds. The van der Waals surface area contributed by atoms with Crippen molar-refractivity contribution in [2.45, 2.75) is 24.3 Å². The Morgan fingerprint density at radius 3 is 2.12 bits per heavy atom. The van der Waals surface area contributed by atoms with E-state index in [1.165, 1.54) is 31.2 Å². The monoisotopic (exact) mass is 505 g/mol. The third kappa shape index (κ3) is 4.80. The lowest BCUT2D eigenvalue weighted by Gasteiger charge is -2.23. The fourth-order valence-corrected chi connectivity index (χ4v) is 5.67. The van der Waals surface area contributed by atoms with Crippen molar-refractivity contribution in [3.05, 3.63) is 95.6 Å². The SMILES string of the molecule is CCS(=O)(=O)Nc1ccccc1C1=NN(S(=O)(=O)c2ccc(F)cc2)[C@H](c2ccc(F)cc2)C1. The van der Waals surface area contributed by atoms with Crippen LogP contribution in [0.3, 0.4) is 0 Å². The van der Waals surface area contributed by atoms with E-state index in [9.17, 15) is 25.6 Å². The molecule has 1 aliphatic rings. The maximum absolute atomic E-state index is 13.5. The van der Waals surface area contributed by atoms with Gasteiger partial charge in [0.05, 0.1) is 28.1 Å². The molecule has 4 rings (SSSR count). The molecule has 7 nitrogen and oxygen atoms in total. The van der Waals surface area contributed by atoms with Crippen LogP contribution in [0.15, 0.2) is 82.8 Å². The van der Waals surface area contributed by atoms with E-state index in [1.807, 2.05) is 0 Å². The van der Waals surface area contributed by atoms with Crippen LogP contribution in [0.1, 0.15) is 30.5 Å². The number of hydrazone groups is 1. The zero-order valence-corrected chi connectivity index (χ0v) is 19.7. The number of sulfonamides is 2. The number of rotatable bonds is 7. The molecule has 1 aliphatic heterocycles. The highest BCUT2D eigenvalue weighted by Gasteiger charge is 2.38. The summed E-state index contributed by atoms with van der Waals surface area (Å²) in [5.74, 6) is -1.20. The topological polar surface area (TPSA) is 95.9 Å². The van der Waals surface area contributed by atoms with Crippen molar-refractivity contribution in [2.24, 2.45) is 5.10 Å². The molecule has 178 valence electrons. The van der Waals surface area contributed by atoms with Crippen molar-refractivity contribution in [2.75, 3.05) is 10.5 Å². The molecule has 3 aromatic rings. The fourth-order valence-electron chi connectivity index (χ4n) is 3.58. The molecule has 0 saturated carbocycles. The van der Waals surface area contributed by atoms with E-state index in [2.05, 4.69) is 9.82 Å². The second kappa shape index (κ2) is 9.15. The highest BCUT2D eigenvalue weighted by molar-refractivity contribution is 7.92. The number of nitrogens with zero attached hydrogens (tertiary/aromatic N) is 2. The Hall–Kier alpha value is -3.31. The summed E-state index contributed by atoms with van der Waals surface area (Å²) in [5, 5.41) is 4.37. The summed E-state index contributed by atoms with van der Waals surface area (Å²) < 4.78 is 81.6. The molecule has 0 saturated heterocycles. The Bertz CT molecular complexity index is 1440. The molecule has 0 aromatic heterocycles. The molecule has 0 spiro atoms. The number of hydrogen-bond acceptors (Lipinski definition) is 5. The van der Waals surface area contributed by atoms with Gasteiger partial charge in [-0.15, -0.1) is 0 Å². The van der Waals surface area contributed by atoms with Crippen LogP contribution < -0.4 is 4.72 Å². The third-order valence-electron chi connectivity index (χ3n) is 5.37. The van der Waals surface area contributed by atoms with E-state index in [-0.39, 0.29) is 22.8 Å². The van der Waals surface area contributed by atoms with Gasteiger partial charge in [0.1, 0.15) is 11.6 Å². The van der Waals surface area contributed by atoms with Gasteiger partial charge in [-0.3, -0.25) is 4.72 Å². The average molecular weight is 506 g/mol. The van der Waals surface area contributed by atoms with Gasteiger partial charge in [0.15, 0.2) is 0 Å². The zero-order valence-electron chi connectivity index (χ0n) is 18.0. The van der Waals surface area contributed by atoms with Gasteiger partial charge in [0.25, 0.3) is 10.0 Å². The summed E-state index contributed by atoms with van der Waals surface area (Å²) in [6.07, 6.45) is 0.108. The maximum atomic E-state index is 13.5. The fraction of sp³-hybridized carbons (Fsp3) is 0.174. The van der Waals surface area contributed by atoms with Gasteiger partial charge in [0, 0.05) is 12.0 Å². The van der Waals surface area contributed by atoms with Gasteiger partial charge in [-0.05, 0) is 55.0 Å². The van der Waals surface area contributed by atoms with Crippen LogP contribution in [-0.4, -0.2) is 32.7 Å². The van der Waals surface area contributed by atoms with Crippen LogP contribution >= 0.6 is 0 Å². The predicted octanol–water partition coefficient (Wildman–Crippen LogP) is 4.27. The second-order valence-corrected chi connectivity index (χ2v) is 11.4. The minimum atomic E-state index is -4.21. The quantitative estimate of drug-likeness (QED) is 0.519. The average Bonchev–Trinajstić information content (AvgIpc) is 3.26. The second-order valence-electron chi connectivity index (χ2n) is 7.60. The molecule has 11 heteroatoms. The van der Waals surface area contributed by atoms with Crippen molar-refractivity contribution in [1.82, 2.24) is 4.41 Å². The highest BCUT2D eigenvalue weighted by atomic mass is 32.2. The molecule has 0 bridgehead atoms. The zero-order chi connectivity index (χ0) is 24.5. The summed E-state index contributed by atoms with van der Waals surface area (Å²) in [6.45, 7) is 1.50. The number of anilines is 1. The Morgan fingerprint density at radius 1 is 0.912 bits per heavy atom. The van der Waals surface area contributed by atoms with Gasteiger partial charge in [-0.2, -0.15) is 17.9 Å². The lowest BCUT2D eigenvalue weighted by Crippen LogP contribution is -2.27. The normalized spacial score (nSPS) is 16.4. The highest BCUT2D eigenvalue weighted by Crippen LogP contribution is 2.38. The Morgan fingerprint density at radius 2 is 1.50 bits per heavy atom. The van der Waals surface area contributed by atoms with Gasteiger partial charge in [-0.1, -0.05) is 30.3 Å². The smallest absolute Gasteiger partial charge is 0.279 e. The van der Waals surface area contributed by atoms with E-state index in [0.717, 1.165) is 28.7 Å². The molecular formula is C23H21F2N3O4S2. The molecule has 0 fully saturated rings. The van der Waals surface area contributed by atoms with Crippen LogP contribution in [0, 0.1) is 11.6 Å². The largest absolute Gasteiger partial charge is 0.283 e. The van der Waals surface area contributed by atoms with Gasteiger partial charge in [-0.25, -0.2) is 17.2 Å². The number of para-hydroxylation sites is 1. The van der Waals surface area contributed by atoms with Crippen molar-refractivity contribution in [3.63, 3.8) is 0 Å². The summed E-state index contributed by atoms with van der Waals surface area (Å²) in [7, 11) is -7.81. The number of hydrogen-bond donors (Lipinski definition) is 1. The standard InChI is InChI=1S/C23H21F2N3O4S2/c1-2-33(29,30)27-21-6-4-3-5-20(21)22-15-23(16-7-9-17(24)10-8-16)28(26-22)34(31,32)19-13-11-18(25)12-14-19/h3-14,23,27H,2,15H2,1H3/t23-/m0/s1. The lowest BCUT2D eigenvalue weighted by atomic mass is 9.98. The summed E-state index contributed by atoms with van der Waals surface area (Å²) >= 11 is 0. The predicted molar refractivity (Wildman–Crippen MR) is 125 cm³/mol. The first-order valence-electron chi connectivity index (χ1n) is 10.3. The summed E-state index contributed by atoms with van der Waals surface area (Å²) in [6, 6.07) is 15.5. The van der Waals surface area contributed by atoms with Crippen LogP contribution in [-0.2, 0) is 20.0 Å². The molecule has 0 radical (unpaired) electrons. The van der Waals surface area contributed by atoms with Crippen molar-refractivity contribution in [1.29, 1.82) is 0 Å². The van der Waals surface area contributed by atoms with Gasteiger partial charge in [0.2, 0.25) is 10.0 Å². The maximum Gasteiger partial charge on any atom is 0.279 e. The van der Waals surface area contributed by atoms with Gasteiger partial charge >= 0.3 is 0 Å². The Labute approximate surface area is 196 Å². The van der Waals surface area contributed by atoms with E-state index >= 15 is 0 Å².